The molecule has 1 saturated heterocycles. The van der Waals surface area contributed by atoms with Gasteiger partial charge in [0.1, 0.15) is 12.4 Å². The molecule has 24 heavy (non-hydrogen) atoms. The summed E-state index contributed by atoms with van der Waals surface area (Å²) in [4.78, 5) is 11.1. The highest BCUT2D eigenvalue weighted by atomic mass is 32.2. The fourth-order valence-electron chi connectivity index (χ4n) is 2.84. The standard InChI is InChI=1S/C18H25N5S/c19-18(23-11-13-24-14-12-23)21-15-17-20-8-10-22(17)9-4-7-16-5-2-1-3-6-16/h1-3,5-6,8,10H,4,7,9,11-15H2,(H2,19,21). The van der Waals surface area contributed by atoms with E-state index in [0.717, 1.165) is 49.8 Å². The third-order valence-electron chi connectivity index (χ3n) is 4.23. The summed E-state index contributed by atoms with van der Waals surface area (Å²) < 4.78 is 2.19. The first-order valence-corrected chi connectivity index (χ1v) is 9.65. The summed E-state index contributed by atoms with van der Waals surface area (Å²) in [7, 11) is 0. The van der Waals surface area contributed by atoms with Crippen LogP contribution in [0.4, 0.5) is 0 Å². The van der Waals surface area contributed by atoms with Gasteiger partial charge in [0.25, 0.3) is 0 Å². The van der Waals surface area contributed by atoms with Crippen LogP contribution < -0.4 is 5.73 Å². The Kier molecular flexibility index (Phi) is 6.18. The van der Waals surface area contributed by atoms with Gasteiger partial charge >= 0.3 is 0 Å². The Morgan fingerprint density at radius 1 is 1.21 bits per heavy atom. The van der Waals surface area contributed by atoms with Gasteiger partial charge in [-0.3, -0.25) is 0 Å². The van der Waals surface area contributed by atoms with Crippen LogP contribution >= 0.6 is 11.8 Å². The summed E-state index contributed by atoms with van der Waals surface area (Å²) in [5.74, 6) is 3.89. The largest absolute Gasteiger partial charge is 0.370 e. The van der Waals surface area contributed by atoms with Crippen molar-refractivity contribution in [2.45, 2.75) is 25.9 Å². The molecule has 3 rings (SSSR count). The van der Waals surface area contributed by atoms with Crippen LogP contribution in [0.2, 0.25) is 0 Å². The molecule has 0 radical (unpaired) electrons. The predicted molar refractivity (Wildman–Crippen MR) is 101 cm³/mol. The van der Waals surface area contributed by atoms with Crippen LogP contribution in [0.15, 0.2) is 47.7 Å². The molecule has 2 N–H and O–H groups in total. The highest BCUT2D eigenvalue weighted by molar-refractivity contribution is 7.99. The number of imidazole rings is 1. The van der Waals surface area contributed by atoms with Gasteiger partial charge in [-0.2, -0.15) is 11.8 Å². The van der Waals surface area contributed by atoms with Crippen LogP contribution in [0, 0.1) is 0 Å². The number of nitrogens with two attached hydrogens (primary N) is 1. The van der Waals surface area contributed by atoms with E-state index < -0.39 is 0 Å². The Bertz CT molecular complexity index is 646. The first kappa shape index (κ1) is 16.9. The van der Waals surface area contributed by atoms with Gasteiger partial charge in [-0.05, 0) is 18.4 Å². The van der Waals surface area contributed by atoms with Crippen molar-refractivity contribution >= 4 is 17.7 Å². The number of nitrogens with zero attached hydrogens (tertiary/aromatic N) is 4. The molecular formula is C18H25N5S. The molecule has 1 aliphatic heterocycles. The minimum absolute atomic E-state index is 0.549. The maximum absolute atomic E-state index is 6.12. The van der Waals surface area contributed by atoms with E-state index in [9.17, 15) is 0 Å². The van der Waals surface area contributed by atoms with Crippen LogP contribution in [-0.2, 0) is 19.5 Å². The molecule has 1 aromatic carbocycles. The molecule has 128 valence electrons. The van der Waals surface area contributed by atoms with Gasteiger partial charge in [0.15, 0.2) is 5.96 Å². The minimum atomic E-state index is 0.549. The Hall–Kier alpha value is -1.95. The summed E-state index contributed by atoms with van der Waals surface area (Å²) in [6.07, 6.45) is 6.05. The molecule has 0 bridgehead atoms. The molecule has 0 aliphatic carbocycles. The highest BCUT2D eigenvalue weighted by Gasteiger charge is 2.12. The summed E-state index contributed by atoms with van der Waals surface area (Å²) in [6, 6.07) is 10.6. The Balaban J connectivity index is 1.51. The highest BCUT2D eigenvalue weighted by Crippen LogP contribution is 2.10. The van der Waals surface area contributed by atoms with E-state index >= 15 is 0 Å². The minimum Gasteiger partial charge on any atom is -0.370 e. The lowest BCUT2D eigenvalue weighted by Crippen LogP contribution is -2.42. The molecule has 0 unspecified atom stereocenters. The summed E-state index contributed by atoms with van der Waals surface area (Å²) in [5.41, 5.74) is 7.50. The summed E-state index contributed by atoms with van der Waals surface area (Å²) >= 11 is 1.97. The van der Waals surface area contributed by atoms with Crippen molar-refractivity contribution in [1.29, 1.82) is 0 Å². The zero-order valence-electron chi connectivity index (χ0n) is 14.0. The number of thioether (sulfide) groups is 1. The number of aryl methyl sites for hydroxylation is 2. The van der Waals surface area contributed by atoms with Gasteiger partial charge < -0.3 is 15.2 Å². The number of rotatable bonds is 6. The fraction of sp³-hybridized carbons (Fsp3) is 0.444. The van der Waals surface area contributed by atoms with Crippen molar-refractivity contribution in [2.24, 2.45) is 10.7 Å². The Labute approximate surface area is 148 Å². The molecule has 0 atom stereocenters. The first-order valence-electron chi connectivity index (χ1n) is 8.49. The average Bonchev–Trinajstić information content (AvgIpc) is 3.09. The Morgan fingerprint density at radius 3 is 2.79 bits per heavy atom. The van der Waals surface area contributed by atoms with Crippen molar-refractivity contribution < 1.29 is 0 Å². The molecule has 0 spiro atoms. The molecule has 0 saturated carbocycles. The van der Waals surface area contributed by atoms with E-state index in [1.54, 1.807) is 0 Å². The smallest absolute Gasteiger partial charge is 0.191 e. The average molecular weight is 344 g/mol. The van der Waals surface area contributed by atoms with E-state index in [-0.39, 0.29) is 0 Å². The topological polar surface area (TPSA) is 59.4 Å². The van der Waals surface area contributed by atoms with Gasteiger partial charge in [0.05, 0.1) is 0 Å². The van der Waals surface area contributed by atoms with Crippen molar-refractivity contribution in [1.82, 2.24) is 14.5 Å². The van der Waals surface area contributed by atoms with Gasteiger partial charge in [0, 0.05) is 43.5 Å². The maximum atomic E-state index is 6.12. The van der Waals surface area contributed by atoms with Crippen LogP contribution in [0.3, 0.4) is 0 Å². The molecule has 5 nitrogen and oxygen atoms in total. The van der Waals surface area contributed by atoms with E-state index in [1.807, 2.05) is 24.2 Å². The first-order chi connectivity index (χ1) is 11.8. The molecule has 1 fully saturated rings. The monoisotopic (exact) mass is 343 g/mol. The summed E-state index contributed by atoms with van der Waals surface area (Å²) in [5, 5.41) is 0. The van der Waals surface area contributed by atoms with Crippen molar-refractivity contribution in [3.05, 3.63) is 54.1 Å². The Morgan fingerprint density at radius 2 is 2.00 bits per heavy atom. The zero-order valence-corrected chi connectivity index (χ0v) is 14.8. The van der Waals surface area contributed by atoms with Crippen LogP contribution in [0.5, 0.6) is 0 Å². The maximum Gasteiger partial charge on any atom is 0.191 e. The van der Waals surface area contributed by atoms with Crippen molar-refractivity contribution in [2.75, 3.05) is 24.6 Å². The SMILES string of the molecule is NC(=NCc1nccn1CCCc1ccccc1)N1CCSCC1. The number of benzene rings is 1. The second-order valence-electron chi connectivity index (χ2n) is 5.90. The lowest BCUT2D eigenvalue weighted by molar-refractivity contribution is 0.455. The van der Waals surface area contributed by atoms with E-state index in [1.165, 1.54) is 5.56 Å². The lowest BCUT2D eigenvalue weighted by Gasteiger charge is -2.27. The second kappa shape index (κ2) is 8.78. The van der Waals surface area contributed by atoms with Crippen molar-refractivity contribution in [3.8, 4) is 0 Å². The van der Waals surface area contributed by atoms with E-state index in [0.29, 0.717) is 12.5 Å². The van der Waals surface area contributed by atoms with Gasteiger partial charge in [-0.15, -0.1) is 0 Å². The number of guanidine groups is 1. The molecule has 6 heteroatoms. The number of hydrogen-bond donors (Lipinski definition) is 1. The fourth-order valence-corrected chi connectivity index (χ4v) is 3.74. The van der Waals surface area contributed by atoms with Gasteiger partial charge in [-0.1, -0.05) is 30.3 Å². The van der Waals surface area contributed by atoms with E-state index in [2.05, 4.69) is 49.8 Å². The normalized spacial score (nSPS) is 15.7. The van der Waals surface area contributed by atoms with E-state index in [4.69, 9.17) is 5.73 Å². The molecule has 1 aromatic heterocycles. The predicted octanol–water partition coefficient (Wildman–Crippen LogP) is 2.38. The van der Waals surface area contributed by atoms with Crippen LogP contribution in [-0.4, -0.2) is 45.0 Å². The molecule has 0 amide bonds. The second-order valence-corrected chi connectivity index (χ2v) is 7.12. The molecule has 1 aliphatic rings. The summed E-state index contributed by atoms with van der Waals surface area (Å²) in [6.45, 7) is 3.49. The third kappa shape index (κ3) is 4.77. The molecule has 2 aromatic rings. The van der Waals surface area contributed by atoms with Crippen LogP contribution in [0.25, 0.3) is 0 Å². The third-order valence-corrected chi connectivity index (χ3v) is 5.17. The van der Waals surface area contributed by atoms with Gasteiger partial charge in [-0.25, -0.2) is 9.98 Å². The zero-order chi connectivity index (χ0) is 16.6. The molecular weight excluding hydrogens is 318 g/mol. The lowest BCUT2D eigenvalue weighted by atomic mass is 10.1. The van der Waals surface area contributed by atoms with Crippen LogP contribution in [0.1, 0.15) is 17.8 Å². The quantitative estimate of drug-likeness (QED) is 0.646. The number of hydrogen-bond acceptors (Lipinski definition) is 3. The van der Waals surface area contributed by atoms with Gasteiger partial charge in [0.2, 0.25) is 0 Å². The number of aliphatic imine (C=N–C) groups is 1. The van der Waals surface area contributed by atoms with Crippen molar-refractivity contribution in [3.63, 3.8) is 0 Å². The number of aromatic nitrogens is 2. The molecule has 2 heterocycles.